The molecule has 3 aromatic heterocycles. The third kappa shape index (κ3) is 5.58. The monoisotopic (exact) mass is 528 g/mol. The maximum atomic E-state index is 12.9. The number of hydrogen-bond acceptors (Lipinski definition) is 5. The average molecular weight is 529 g/mol. The van der Waals surface area contributed by atoms with Gasteiger partial charge in [0.05, 0.1) is 37.3 Å². The number of fused-ring (bicyclic) bond motifs is 1. The molecule has 0 spiro atoms. The number of hydrogen-bond donors (Lipinski definition) is 2. The highest BCUT2D eigenvalue weighted by atomic mass is 35.5. The molecule has 0 saturated heterocycles. The summed E-state index contributed by atoms with van der Waals surface area (Å²) in [7, 11) is 0. The zero-order valence-electron chi connectivity index (χ0n) is 19.9. The van der Waals surface area contributed by atoms with Crippen LogP contribution in [0, 0.1) is 5.41 Å². The smallest absolute Gasteiger partial charge is 0.255 e. The molecule has 9 heteroatoms. The van der Waals surface area contributed by atoms with E-state index in [1.165, 1.54) is 11.3 Å². The Balaban J connectivity index is 1.52. The molecule has 0 bridgehead atoms. The Hall–Kier alpha value is -2.74. The Morgan fingerprint density at radius 3 is 2.69 bits per heavy atom. The average Bonchev–Trinajstić information content (AvgIpc) is 3.46. The number of H-pyrrole nitrogens is 1. The summed E-state index contributed by atoms with van der Waals surface area (Å²) in [6.07, 6.45) is 4.10. The van der Waals surface area contributed by atoms with Crippen molar-refractivity contribution in [3.8, 4) is 10.6 Å². The van der Waals surface area contributed by atoms with Crippen LogP contribution in [0.1, 0.15) is 59.7 Å². The molecule has 2 N–H and O–H groups in total. The summed E-state index contributed by atoms with van der Waals surface area (Å²) in [5.41, 5.74) is 2.86. The molecule has 4 rings (SSSR count). The minimum atomic E-state index is -0.202. The van der Waals surface area contributed by atoms with Gasteiger partial charge < -0.3 is 10.3 Å². The van der Waals surface area contributed by atoms with Crippen molar-refractivity contribution in [3.05, 3.63) is 68.8 Å². The zero-order valence-corrected chi connectivity index (χ0v) is 22.2. The fourth-order valence-electron chi connectivity index (χ4n) is 3.41. The molecule has 0 fully saturated rings. The second-order valence-corrected chi connectivity index (χ2v) is 11.4. The first-order chi connectivity index (χ1) is 16.5. The highest BCUT2D eigenvalue weighted by Gasteiger charge is 2.24. The van der Waals surface area contributed by atoms with Gasteiger partial charge in [-0.05, 0) is 42.5 Å². The fraction of sp³-hybridized carbons (Fsp3) is 0.308. The standard InChI is InChI=1S/C26H26Cl2N4O2S/c1-14(26(2,3)4)31-25(34)16-12-29-24-23(16)32-18(13-30-24)20-10-11-21(35-20)19(33)9-8-15-6-5-7-17(27)22(15)28/h5-7,10-14H,8-9H2,1-4H3,(H,29,30)(H,31,34)/t14-/m0/s1. The van der Waals surface area contributed by atoms with E-state index >= 15 is 0 Å². The number of carbonyl (C=O) groups is 2. The van der Waals surface area contributed by atoms with Gasteiger partial charge in [-0.1, -0.05) is 56.1 Å². The summed E-state index contributed by atoms with van der Waals surface area (Å²) in [6, 6.07) is 9.05. The van der Waals surface area contributed by atoms with Gasteiger partial charge in [-0.15, -0.1) is 11.3 Å². The van der Waals surface area contributed by atoms with Gasteiger partial charge in [-0.3, -0.25) is 9.59 Å². The zero-order chi connectivity index (χ0) is 25.3. The lowest BCUT2D eigenvalue weighted by Gasteiger charge is -2.27. The Kier molecular flexibility index (Phi) is 7.31. The topological polar surface area (TPSA) is 87.7 Å². The van der Waals surface area contributed by atoms with E-state index in [0.29, 0.717) is 50.2 Å². The lowest BCUT2D eigenvalue weighted by atomic mass is 9.88. The SMILES string of the molecule is C[C@H](NC(=O)c1c[nH]c2ncc(-c3ccc(C(=O)CCc4cccc(Cl)c4Cl)s3)nc12)C(C)(C)C. The molecule has 4 aromatic rings. The van der Waals surface area contributed by atoms with Gasteiger partial charge in [0.15, 0.2) is 11.4 Å². The Morgan fingerprint density at radius 1 is 1.17 bits per heavy atom. The number of aromatic amines is 1. The number of rotatable bonds is 7. The van der Waals surface area contributed by atoms with Crippen LogP contribution in [-0.2, 0) is 6.42 Å². The van der Waals surface area contributed by atoms with Gasteiger partial charge in [0, 0.05) is 18.7 Å². The van der Waals surface area contributed by atoms with E-state index in [1.807, 2.05) is 25.1 Å². The van der Waals surface area contributed by atoms with E-state index in [0.717, 1.165) is 10.4 Å². The summed E-state index contributed by atoms with van der Waals surface area (Å²) >= 11 is 13.7. The van der Waals surface area contributed by atoms with Gasteiger partial charge in [-0.2, -0.15) is 0 Å². The number of amides is 1. The largest absolute Gasteiger partial charge is 0.349 e. The molecule has 0 radical (unpaired) electrons. The molecule has 0 aliphatic rings. The number of thiophene rings is 1. The number of nitrogens with zero attached hydrogens (tertiary/aromatic N) is 2. The van der Waals surface area contributed by atoms with Crippen molar-refractivity contribution in [2.75, 3.05) is 0 Å². The Bertz CT molecular complexity index is 1400. The second kappa shape index (κ2) is 10.1. The lowest BCUT2D eigenvalue weighted by molar-refractivity contribution is 0.0911. The van der Waals surface area contributed by atoms with Crippen LogP contribution in [0.25, 0.3) is 21.7 Å². The number of aryl methyl sites for hydroxylation is 1. The second-order valence-electron chi connectivity index (χ2n) is 9.52. The first kappa shape index (κ1) is 25.4. The van der Waals surface area contributed by atoms with Gasteiger partial charge in [0.2, 0.25) is 0 Å². The highest BCUT2D eigenvalue weighted by Crippen LogP contribution is 2.30. The Morgan fingerprint density at radius 2 is 1.94 bits per heavy atom. The molecular weight excluding hydrogens is 503 g/mol. The van der Waals surface area contributed by atoms with Crippen LogP contribution in [0.5, 0.6) is 0 Å². The first-order valence-corrected chi connectivity index (χ1v) is 12.8. The number of Topliss-reactive ketones (excluding diaryl/α,β-unsaturated/α-hetero) is 1. The number of benzene rings is 1. The molecule has 6 nitrogen and oxygen atoms in total. The van der Waals surface area contributed by atoms with E-state index in [9.17, 15) is 9.59 Å². The van der Waals surface area contributed by atoms with Crippen molar-refractivity contribution in [1.82, 2.24) is 20.3 Å². The van der Waals surface area contributed by atoms with Crippen molar-refractivity contribution in [1.29, 1.82) is 0 Å². The van der Waals surface area contributed by atoms with Crippen LogP contribution in [0.2, 0.25) is 10.0 Å². The van der Waals surface area contributed by atoms with E-state index in [4.69, 9.17) is 28.2 Å². The first-order valence-electron chi connectivity index (χ1n) is 11.3. The molecular formula is C26H26Cl2N4O2S. The van der Waals surface area contributed by atoms with Crippen molar-refractivity contribution in [2.24, 2.45) is 5.41 Å². The quantitative estimate of drug-likeness (QED) is 0.253. The third-order valence-electron chi connectivity index (χ3n) is 6.06. The van der Waals surface area contributed by atoms with Crippen molar-refractivity contribution in [3.63, 3.8) is 0 Å². The van der Waals surface area contributed by atoms with Crippen LogP contribution in [0.15, 0.2) is 42.7 Å². The summed E-state index contributed by atoms with van der Waals surface area (Å²) in [5.74, 6) is -0.184. The molecule has 0 aliphatic heterocycles. The van der Waals surface area contributed by atoms with E-state index in [2.05, 4.69) is 36.1 Å². The Labute approximate surface area is 218 Å². The number of ketones is 1. The van der Waals surface area contributed by atoms with Crippen LogP contribution in [0.4, 0.5) is 0 Å². The number of halogens is 2. The maximum absolute atomic E-state index is 12.9. The molecule has 0 saturated carbocycles. The van der Waals surface area contributed by atoms with E-state index < -0.39 is 0 Å². The van der Waals surface area contributed by atoms with Crippen molar-refractivity contribution in [2.45, 2.75) is 46.6 Å². The fourth-order valence-corrected chi connectivity index (χ4v) is 4.75. The molecule has 3 heterocycles. The van der Waals surface area contributed by atoms with Crippen LogP contribution in [0.3, 0.4) is 0 Å². The molecule has 0 unspecified atom stereocenters. The summed E-state index contributed by atoms with van der Waals surface area (Å²) in [4.78, 5) is 39.3. The van der Waals surface area contributed by atoms with Gasteiger partial charge in [0.25, 0.3) is 5.91 Å². The summed E-state index contributed by atoms with van der Waals surface area (Å²) < 4.78 is 0. The molecule has 35 heavy (non-hydrogen) atoms. The predicted molar refractivity (Wildman–Crippen MR) is 143 cm³/mol. The van der Waals surface area contributed by atoms with Crippen molar-refractivity contribution >= 4 is 57.4 Å². The molecule has 182 valence electrons. The van der Waals surface area contributed by atoms with Crippen LogP contribution in [-0.4, -0.2) is 32.7 Å². The molecule has 1 atom stereocenters. The van der Waals surface area contributed by atoms with E-state index in [1.54, 1.807) is 24.5 Å². The van der Waals surface area contributed by atoms with Crippen molar-refractivity contribution < 1.29 is 9.59 Å². The number of aromatic nitrogens is 3. The molecule has 0 aliphatic carbocycles. The molecule has 1 aromatic carbocycles. The summed E-state index contributed by atoms with van der Waals surface area (Å²) in [5, 5.41) is 4.01. The normalized spacial score (nSPS) is 12.6. The summed E-state index contributed by atoms with van der Waals surface area (Å²) in [6.45, 7) is 8.20. The highest BCUT2D eigenvalue weighted by molar-refractivity contribution is 7.17. The van der Waals surface area contributed by atoms with Gasteiger partial charge in [0.1, 0.15) is 5.52 Å². The maximum Gasteiger partial charge on any atom is 0.255 e. The van der Waals surface area contributed by atoms with Gasteiger partial charge >= 0.3 is 0 Å². The molecule has 1 amide bonds. The predicted octanol–water partition coefficient (Wildman–Crippen LogP) is 6.97. The lowest BCUT2D eigenvalue weighted by Crippen LogP contribution is -2.41. The van der Waals surface area contributed by atoms with Crippen LogP contribution >= 0.6 is 34.5 Å². The minimum Gasteiger partial charge on any atom is -0.349 e. The number of carbonyl (C=O) groups excluding carboxylic acids is 2. The third-order valence-corrected chi connectivity index (χ3v) is 8.07. The minimum absolute atomic E-state index is 0.0178. The van der Waals surface area contributed by atoms with Gasteiger partial charge in [-0.25, -0.2) is 9.97 Å². The number of nitrogens with one attached hydrogen (secondary N) is 2. The van der Waals surface area contributed by atoms with E-state index in [-0.39, 0.29) is 23.1 Å². The van der Waals surface area contributed by atoms with Crippen LogP contribution < -0.4 is 5.32 Å².